The number of hydrogen-bond acceptors (Lipinski definition) is 4. The van der Waals surface area contributed by atoms with Gasteiger partial charge in [0.15, 0.2) is 10.8 Å². The molecule has 0 bridgehead atoms. The van der Waals surface area contributed by atoms with Gasteiger partial charge in [-0.25, -0.2) is 4.39 Å². The number of nitrogens with zero attached hydrogens (tertiary/aromatic N) is 2. The number of para-hydroxylation sites is 1. The summed E-state index contributed by atoms with van der Waals surface area (Å²) in [5.41, 5.74) is -0.394. The third kappa shape index (κ3) is 2.05. The van der Waals surface area contributed by atoms with Gasteiger partial charge in [-0.05, 0) is 18.2 Å². The SMILES string of the molecule is O=[N+]([O-])c1c(Cl)c(F)c2cccnc2c1-c1ccccc1O. The van der Waals surface area contributed by atoms with E-state index < -0.39 is 21.5 Å². The van der Waals surface area contributed by atoms with E-state index in [2.05, 4.69) is 4.98 Å². The molecule has 0 saturated heterocycles. The van der Waals surface area contributed by atoms with Gasteiger partial charge in [0.2, 0.25) is 0 Å². The standard InChI is InChI=1S/C15H8ClFN2O3/c16-12-13(17)9-5-3-7-18-14(9)11(15(12)19(21)22)8-4-1-2-6-10(8)20/h1-7,20H. The van der Waals surface area contributed by atoms with Crippen molar-refractivity contribution in [2.45, 2.75) is 0 Å². The fourth-order valence-corrected chi connectivity index (χ4v) is 2.60. The Labute approximate surface area is 128 Å². The zero-order chi connectivity index (χ0) is 15.9. The second-order valence-corrected chi connectivity index (χ2v) is 4.90. The number of nitro benzene ring substituents is 1. The monoisotopic (exact) mass is 318 g/mol. The Morgan fingerprint density at radius 1 is 1.23 bits per heavy atom. The normalized spacial score (nSPS) is 10.8. The fraction of sp³-hybridized carbons (Fsp3) is 0. The van der Waals surface area contributed by atoms with Crippen LogP contribution in [0.15, 0.2) is 42.6 Å². The van der Waals surface area contributed by atoms with Gasteiger partial charge in [0.25, 0.3) is 0 Å². The van der Waals surface area contributed by atoms with Gasteiger partial charge < -0.3 is 5.11 Å². The molecule has 0 unspecified atom stereocenters. The molecule has 110 valence electrons. The maximum absolute atomic E-state index is 14.3. The Morgan fingerprint density at radius 2 is 1.95 bits per heavy atom. The van der Waals surface area contributed by atoms with Crippen molar-refractivity contribution in [3.8, 4) is 16.9 Å². The minimum atomic E-state index is -0.907. The fourth-order valence-electron chi connectivity index (χ4n) is 2.34. The zero-order valence-corrected chi connectivity index (χ0v) is 11.7. The summed E-state index contributed by atoms with van der Waals surface area (Å²) in [4.78, 5) is 14.6. The van der Waals surface area contributed by atoms with Crippen LogP contribution in [0.3, 0.4) is 0 Å². The number of rotatable bonds is 2. The number of pyridine rings is 1. The van der Waals surface area contributed by atoms with Gasteiger partial charge in [0, 0.05) is 17.1 Å². The van der Waals surface area contributed by atoms with Crippen molar-refractivity contribution >= 4 is 28.2 Å². The number of aromatic nitrogens is 1. The molecule has 0 spiro atoms. The molecule has 0 radical (unpaired) electrons. The molecule has 1 heterocycles. The molecule has 3 rings (SSSR count). The Morgan fingerprint density at radius 3 is 2.64 bits per heavy atom. The minimum absolute atomic E-state index is 0.00917. The highest BCUT2D eigenvalue weighted by Crippen LogP contribution is 2.45. The molecule has 0 fully saturated rings. The van der Waals surface area contributed by atoms with E-state index in [9.17, 15) is 19.6 Å². The molecule has 5 nitrogen and oxygen atoms in total. The van der Waals surface area contributed by atoms with Crippen LogP contribution >= 0.6 is 11.6 Å². The van der Waals surface area contributed by atoms with Gasteiger partial charge in [-0.3, -0.25) is 15.1 Å². The smallest absolute Gasteiger partial charge is 0.301 e. The highest BCUT2D eigenvalue weighted by molar-refractivity contribution is 6.35. The van der Waals surface area contributed by atoms with E-state index in [1.165, 1.54) is 30.5 Å². The molecule has 0 atom stereocenters. The number of hydrogen-bond donors (Lipinski definition) is 1. The van der Waals surface area contributed by atoms with Gasteiger partial charge in [-0.15, -0.1) is 0 Å². The summed E-state index contributed by atoms with van der Waals surface area (Å²) in [6.07, 6.45) is 1.39. The first kappa shape index (κ1) is 14.2. The predicted octanol–water partition coefficient (Wildman–Crippen LogP) is 4.31. The summed E-state index contributed by atoms with van der Waals surface area (Å²) >= 11 is 5.85. The first-order valence-corrected chi connectivity index (χ1v) is 6.58. The summed E-state index contributed by atoms with van der Waals surface area (Å²) in [7, 11) is 0. The molecule has 0 saturated carbocycles. The van der Waals surface area contributed by atoms with Crippen LogP contribution in [0.5, 0.6) is 5.75 Å². The first-order valence-electron chi connectivity index (χ1n) is 6.20. The lowest BCUT2D eigenvalue weighted by molar-refractivity contribution is -0.384. The van der Waals surface area contributed by atoms with Gasteiger partial charge in [0.05, 0.1) is 16.0 Å². The van der Waals surface area contributed by atoms with Crippen molar-refractivity contribution in [1.29, 1.82) is 0 Å². The molecule has 2 aromatic carbocycles. The molecule has 0 amide bonds. The van der Waals surface area contributed by atoms with Crippen LogP contribution in [0.2, 0.25) is 5.02 Å². The topological polar surface area (TPSA) is 76.3 Å². The summed E-state index contributed by atoms with van der Waals surface area (Å²) in [5.74, 6) is -1.09. The van der Waals surface area contributed by atoms with Gasteiger partial charge in [0.1, 0.15) is 5.75 Å². The lowest BCUT2D eigenvalue weighted by Crippen LogP contribution is -1.99. The van der Waals surface area contributed by atoms with Crippen LogP contribution in [0.1, 0.15) is 0 Å². The zero-order valence-electron chi connectivity index (χ0n) is 11.0. The van der Waals surface area contributed by atoms with E-state index in [4.69, 9.17) is 11.6 Å². The summed E-state index contributed by atoms with van der Waals surface area (Å²) in [5, 5.41) is 20.8. The number of nitro groups is 1. The highest BCUT2D eigenvalue weighted by Gasteiger charge is 2.29. The number of aromatic hydroxyl groups is 1. The second-order valence-electron chi connectivity index (χ2n) is 4.53. The molecule has 7 heteroatoms. The average Bonchev–Trinajstić information content (AvgIpc) is 2.51. The Hall–Kier alpha value is -2.73. The maximum Gasteiger partial charge on any atom is 0.301 e. The molecule has 22 heavy (non-hydrogen) atoms. The van der Waals surface area contributed by atoms with E-state index in [0.29, 0.717) is 0 Å². The van der Waals surface area contributed by atoms with Crippen molar-refractivity contribution in [2.75, 3.05) is 0 Å². The summed E-state index contributed by atoms with van der Waals surface area (Å²) in [6, 6.07) is 8.97. The molecule has 1 N–H and O–H groups in total. The summed E-state index contributed by atoms with van der Waals surface area (Å²) < 4.78 is 14.3. The van der Waals surface area contributed by atoms with Crippen LogP contribution in [-0.2, 0) is 0 Å². The number of fused-ring (bicyclic) bond motifs is 1. The maximum atomic E-state index is 14.3. The largest absolute Gasteiger partial charge is 0.507 e. The molecular weight excluding hydrogens is 311 g/mol. The van der Waals surface area contributed by atoms with Crippen molar-refractivity contribution < 1.29 is 14.4 Å². The van der Waals surface area contributed by atoms with Gasteiger partial charge >= 0.3 is 5.69 Å². The lowest BCUT2D eigenvalue weighted by Gasteiger charge is -2.11. The third-order valence-electron chi connectivity index (χ3n) is 3.27. The number of phenols is 1. The Bertz CT molecular complexity index is 915. The van der Waals surface area contributed by atoms with Crippen LogP contribution in [-0.4, -0.2) is 15.0 Å². The molecule has 3 aromatic rings. The molecule has 0 aliphatic rings. The van der Waals surface area contributed by atoms with Crippen LogP contribution in [0.4, 0.5) is 10.1 Å². The number of phenolic OH excluding ortho intramolecular Hbond substituents is 1. The molecule has 1 aromatic heterocycles. The van der Waals surface area contributed by atoms with E-state index in [-0.39, 0.29) is 27.8 Å². The molecule has 0 aliphatic carbocycles. The highest BCUT2D eigenvalue weighted by atomic mass is 35.5. The van der Waals surface area contributed by atoms with Crippen molar-refractivity contribution in [1.82, 2.24) is 4.98 Å². The van der Waals surface area contributed by atoms with Crippen molar-refractivity contribution in [3.63, 3.8) is 0 Å². The number of benzene rings is 2. The lowest BCUT2D eigenvalue weighted by atomic mass is 9.98. The quantitative estimate of drug-likeness (QED) is 0.564. The van der Waals surface area contributed by atoms with Crippen LogP contribution in [0.25, 0.3) is 22.0 Å². The number of halogens is 2. The van der Waals surface area contributed by atoms with E-state index in [1.54, 1.807) is 12.1 Å². The minimum Gasteiger partial charge on any atom is -0.507 e. The molecular formula is C15H8ClFN2O3. The second kappa shape index (κ2) is 5.23. The van der Waals surface area contributed by atoms with Gasteiger partial charge in [-0.1, -0.05) is 29.8 Å². The predicted molar refractivity (Wildman–Crippen MR) is 80.5 cm³/mol. The van der Waals surface area contributed by atoms with Gasteiger partial charge in [-0.2, -0.15) is 0 Å². The Balaban J connectivity index is 2.57. The molecule has 0 aliphatic heterocycles. The van der Waals surface area contributed by atoms with Crippen molar-refractivity contribution in [3.05, 3.63) is 63.5 Å². The van der Waals surface area contributed by atoms with E-state index >= 15 is 0 Å². The first-order chi connectivity index (χ1) is 10.5. The summed E-state index contributed by atoms with van der Waals surface area (Å²) in [6.45, 7) is 0. The van der Waals surface area contributed by atoms with Crippen LogP contribution < -0.4 is 0 Å². The van der Waals surface area contributed by atoms with Crippen LogP contribution in [0, 0.1) is 15.9 Å². The average molecular weight is 319 g/mol. The third-order valence-corrected chi connectivity index (χ3v) is 3.62. The van der Waals surface area contributed by atoms with Crippen molar-refractivity contribution in [2.24, 2.45) is 0 Å². The van der Waals surface area contributed by atoms with E-state index in [0.717, 1.165) is 0 Å². The Kier molecular flexibility index (Phi) is 3.38. The van der Waals surface area contributed by atoms with E-state index in [1.807, 2.05) is 0 Å².